The van der Waals surface area contributed by atoms with Gasteiger partial charge >= 0.3 is 0 Å². The molecule has 1 aromatic carbocycles. The minimum atomic E-state index is 0.547. The van der Waals surface area contributed by atoms with Crippen LogP contribution in [-0.4, -0.2) is 27.5 Å². The van der Waals surface area contributed by atoms with Crippen molar-refractivity contribution in [3.05, 3.63) is 53.6 Å². The van der Waals surface area contributed by atoms with Gasteiger partial charge in [-0.05, 0) is 55.8 Å². The molecular formula is C20H24N4. The maximum absolute atomic E-state index is 8.91. The van der Waals surface area contributed by atoms with Crippen molar-refractivity contribution < 1.29 is 0 Å². The molecule has 1 saturated heterocycles. The number of imidazole rings is 1. The molecule has 0 spiro atoms. The molecule has 2 heterocycles. The van der Waals surface area contributed by atoms with Crippen molar-refractivity contribution in [2.75, 3.05) is 13.1 Å². The third-order valence-corrected chi connectivity index (χ3v) is 5.26. The predicted molar refractivity (Wildman–Crippen MR) is 93.4 cm³/mol. The van der Waals surface area contributed by atoms with Gasteiger partial charge < -0.3 is 4.57 Å². The van der Waals surface area contributed by atoms with Gasteiger partial charge in [-0.1, -0.05) is 12.1 Å². The molecule has 1 saturated carbocycles. The first-order valence-corrected chi connectivity index (χ1v) is 9.04. The maximum atomic E-state index is 8.91. The Hall–Kier alpha value is -2.12. The summed E-state index contributed by atoms with van der Waals surface area (Å²) < 4.78 is 2.40. The number of benzene rings is 1. The number of aromatic nitrogens is 2. The SMILES string of the molecule is N#Cc1ccc(CN2CCCC(c3nccn3CC3CC3)C2)cc1. The molecule has 2 aromatic rings. The number of nitrogens with zero attached hydrogens (tertiary/aromatic N) is 4. The summed E-state index contributed by atoms with van der Waals surface area (Å²) in [7, 11) is 0. The Labute approximate surface area is 143 Å². The highest BCUT2D eigenvalue weighted by Gasteiger charge is 2.27. The predicted octanol–water partition coefficient (Wildman–Crippen LogP) is 3.54. The van der Waals surface area contributed by atoms with Crippen LogP contribution >= 0.6 is 0 Å². The first-order chi connectivity index (χ1) is 11.8. The fourth-order valence-electron chi connectivity index (χ4n) is 3.77. The Morgan fingerprint density at radius 1 is 1.17 bits per heavy atom. The average molecular weight is 320 g/mol. The zero-order valence-electron chi connectivity index (χ0n) is 14.1. The number of hydrogen-bond donors (Lipinski definition) is 0. The van der Waals surface area contributed by atoms with Crippen LogP contribution in [0.4, 0.5) is 0 Å². The van der Waals surface area contributed by atoms with E-state index in [0.29, 0.717) is 5.92 Å². The fraction of sp³-hybridized carbons (Fsp3) is 0.500. The van der Waals surface area contributed by atoms with Gasteiger partial charge in [0.15, 0.2) is 0 Å². The summed E-state index contributed by atoms with van der Waals surface area (Å²) in [6.07, 6.45) is 9.37. The Kier molecular flexibility index (Phi) is 4.36. The summed E-state index contributed by atoms with van der Waals surface area (Å²) in [4.78, 5) is 7.22. The van der Waals surface area contributed by atoms with E-state index in [0.717, 1.165) is 37.7 Å². The Balaban J connectivity index is 1.41. The minimum absolute atomic E-state index is 0.547. The monoisotopic (exact) mass is 320 g/mol. The lowest BCUT2D eigenvalue weighted by Gasteiger charge is -2.32. The molecule has 0 N–H and O–H groups in total. The number of likely N-dealkylation sites (tertiary alicyclic amines) is 1. The van der Waals surface area contributed by atoms with Crippen molar-refractivity contribution in [2.24, 2.45) is 5.92 Å². The second-order valence-electron chi connectivity index (χ2n) is 7.26. The van der Waals surface area contributed by atoms with Crippen LogP contribution < -0.4 is 0 Å². The lowest BCUT2D eigenvalue weighted by atomic mass is 9.96. The summed E-state index contributed by atoms with van der Waals surface area (Å²) in [6, 6.07) is 10.2. The largest absolute Gasteiger partial charge is 0.334 e. The molecule has 124 valence electrons. The fourth-order valence-corrected chi connectivity index (χ4v) is 3.77. The quantitative estimate of drug-likeness (QED) is 0.846. The summed E-state index contributed by atoms with van der Waals surface area (Å²) in [5.41, 5.74) is 2.02. The van der Waals surface area contributed by atoms with Gasteiger partial charge in [-0.25, -0.2) is 4.98 Å². The highest BCUT2D eigenvalue weighted by Crippen LogP contribution is 2.33. The Morgan fingerprint density at radius 2 is 2.00 bits per heavy atom. The van der Waals surface area contributed by atoms with Gasteiger partial charge in [0.05, 0.1) is 11.6 Å². The van der Waals surface area contributed by atoms with E-state index < -0.39 is 0 Å². The van der Waals surface area contributed by atoms with Crippen LogP contribution in [0.1, 0.15) is 48.6 Å². The Morgan fingerprint density at radius 3 is 2.75 bits per heavy atom. The average Bonchev–Trinajstić information content (AvgIpc) is 3.31. The highest BCUT2D eigenvalue weighted by molar-refractivity contribution is 5.31. The summed E-state index contributed by atoms with van der Waals surface area (Å²) in [6.45, 7) is 4.36. The molecule has 1 aromatic heterocycles. The van der Waals surface area contributed by atoms with Gasteiger partial charge in [-0.15, -0.1) is 0 Å². The molecule has 1 unspecified atom stereocenters. The van der Waals surface area contributed by atoms with Crippen LogP contribution in [0.3, 0.4) is 0 Å². The summed E-state index contributed by atoms with van der Waals surface area (Å²) in [5.74, 6) is 2.72. The van der Waals surface area contributed by atoms with Gasteiger partial charge in [0.25, 0.3) is 0 Å². The number of nitriles is 1. The lowest BCUT2D eigenvalue weighted by Crippen LogP contribution is -2.35. The van der Waals surface area contributed by atoms with E-state index >= 15 is 0 Å². The van der Waals surface area contributed by atoms with Crippen LogP contribution in [0.15, 0.2) is 36.7 Å². The number of rotatable bonds is 5. The van der Waals surface area contributed by atoms with Crippen molar-refractivity contribution in [3.63, 3.8) is 0 Å². The van der Waals surface area contributed by atoms with Crippen molar-refractivity contribution >= 4 is 0 Å². The molecular weight excluding hydrogens is 296 g/mol. The molecule has 0 amide bonds. The van der Waals surface area contributed by atoms with Gasteiger partial charge in [0, 0.05) is 37.9 Å². The molecule has 24 heavy (non-hydrogen) atoms. The maximum Gasteiger partial charge on any atom is 0.113 e. The van der Waals surface area contributed by atoms with Gasteiger partial charge in [-0.2, -0.15) is 5.26 Å². The number of piperidine rings is 1. The van der Waals surface area contributed by atoms with Crippen LogP contribution in [0, 0.1) is 17.2 Å². The second-order valence-corrected chi connectivity index (χ2v) is 7.26. The van der Waals surface area contributed by atoms with Crippen molar-refractivity contribution in [1.29, 1.82) is 5.26 Å². The van der Waals surface area contributed by atoms with Crippen molar-refractivity contribution in [2.45, 2.75) is 44.7 Å². The number of hydrogen-bond acceptors (Lipinski definition) is 3. The van der Waals surface area contributed by atoms with Gasteiger partial charge in [0.1, 0.15) is 5.82 Å². The lowest BCUT2D eigenvalue weighted by molar-refractivity contribution is 0.194. The Bertz CT molecular complexity index is 721. The van der Waals surface area contributed by atoms with Crippen molar-refractivity contribution in [1.82, 2.24) is 14.5 Å². The molecule has 1 atom stereocenters. The third kappa shape index (κ3) is 3.52. The van der Waals surface area contributed by atoms with E-state index in [9.17, 15) is 0 Å². The van der Waals surface area contributed by atoms with E-state index in [4.69, 9.17) is 5.26 Å². The standard InChI is InChI=1S/C20H24N4/c21-12-16-3-5-17(6-4-16)13-23-10-1-2-19(15-23)20-22-9-11-24(20)14-18-7-8-18/h3-6,9,11,18-19H,1-2,7-8,10,13-15H2. The van der Waals surface area contributed by atoms with Crippen molar-refractivity contribution in [3.8, 4) is 6.07 Å². The van der Waals surface area contributed by atoms with Gasteiger partial charge in [-0.3, -0.25) is 4.90 Å². The molecule has 4 nitrogen and oxygen atoms in total. The summed E-state index contributed by atoms with van der Waals surface area (Å²) >= 11 is 0. The van der Waals surface area contributed by atoms with Crippen LogP contribution in [0.2, 0.25) is 0 Å². The van der Waals surface area contributed by atoms with E-state index in [2.05, 4.69) is 38.8 Å². The van der Waals surface area contributed by atoms with E-state index in [-0.39, 0.29) is 0 Å². The molecule has 1 aliphatic heterocycles. The first kappa shape index (κ1) is 15.4. The van der Waals surface area contributed by atoms with Gasteiger partial charge in [0.2, 0.25) is 0 Å². The highest BCUT2D eigenvalue weighted by atomic mass is 15.1. The van der Waals surface area contributed by atoms with Crippen LogP contribution in [0.5, 0.6) is 0 Å². The minimum Gasteiger partial charge on any atom is -0.334 e. The zero-order valence-corrected chi connectivity index (χ0v) is 14.1. The normalized spacial score (nSPS) is 21.5. The van der Waals surface area contributed by atoms with Crippen LogP contribution in [0.25, 0.3) is 0 Å². The smallest absolute Gasteiger partial charge is 0.113 e. The van der Waals surface area contributed by atoms with E-state index in [1.807, 2.05) is 18.3 Å². The summed E-state index contributed by atoms with van der Waals surface area (Å²) in [5, 5.41) is 8.91. The van der Waals surface area contributed by atoms with Crippen LogP contribution in [-0.2, 0) is 13.1 Å². The molecule has 2 fully saturated rings. The molecule has 4 heteroatoms. The molecule has 2 aliphatic rings. The first-order valence-electron chi connectivity index (χ1n) is 9.04. The topological polar surface area (TPSA) is 44.9 Å². The molecule has 0 radical (unpaired) electrons. The molecule has 4 rings (SSSR count). The zero-order chi connectivity index (χ0) is 16.4. The van der Waals surface area contributed by atoms with E-state index in [1.165, 1.54) is 37.1 Å². The molecule has 0 bridgehead atoms. The molecule has 1 aliphatic carbocycles. The second kappa shape index (κ2) is 6.78. The third-order valence-electron chi connectivity index (χ3n) is 5.26. The van der Waals surface area contributed by atoms with E-state index in [1.54, 1.807) is 0 Å².